The van der Waals surface area contributed by atoms with Crippen molar-refractivity contribution < 1.29 is 0 Å². The van der Waals surface area contributed by atoms with Crippen molar-refractivity contribution in [3.63, 3.8) is 0 Å². The molecule has 1 heterocycles. The Morgan fingerprint density at radius 2 is 1.88 bits per heavy atom. The van der Waals surface area contributed by atoms with Gasteiger partial charge in [-0.1, -0.05) is 29.8 Å². The number of nitriles is 1. The van der Waals surface area contributed by atoms with Crippen LogP contribution in [0.4, 0.5) is 0 Å². The van der Waals surface area contributed by atoms with Crippen molar-refractivity contribution in [1.82, 2.24) is 9.55 Å². The molecule has 0 radical (unpaired) electrons. The third kappa shape index (κ3) is 3.05. The van der Waals surface area contributed by atoms with E-state index in [0.29, 0.717) is 17.1 Å². The van der Waals surface area contributed by atoms with E-state index < -0.39 is 0 Å². The zero-order chi connectivity index (χ0) is 18.1. The molecule has 0 saturated carbocycles. The average Bonchev–Trinajstić information content (AvgIpc) is 2.95. The number of hydrogen-bond donors (Lipinski definition) is 1. The highest BCUT2D eigenvalue weighted by molar-refractivity contribution is 6.32. The van der Waals surface area contributed by atoms with Crippen LogP contribution in [-0.2, 0) is 13.6 Å². The van der Waals surface area contributed by atoms with Gasteiger partial charge in [0, 0.05) is 24.7 Å². The quantitative estimate of drug-likeness (QED) is 0.763. The second kappa shape index (κ2) is 6.72. The van der Waals surface area contributed by atoms with Crippen molar-refractivity contribution >= 4 is 11.6 Å². The number of rotatable bonds is 3. The monoisotopic (exact) mass is 350 g/mol. The molecule has 5 heteroatoms. The molecule has 0 spiro atoms. The minimum absolute atomic E-state index is 0.444. The van der Waals surface area contributed by atoms with Gasteiger partial charge in [-0.05, 0) is 42.7 Å². The summed E-state index contributed by atoms with van der Waals surface area (Å²) >= 11 is 6.23. The topological polar surface area (TPSA) is 67.6 Å². The van der Waals surface area contributed by atoms with Gasteiger partial charge in [-0.15, -0.1) is 0 Å². The van der Waals surface area contributed by atoms with Crippen molar-refractivity contribution in [3.05, 3.63) is 63.9 Å². The van der Waals surface area contributed by atoms with E-state index in [4.69, 9.17) is 22.6 Å². The molecule has 25 heavy (non-hydrogen) atoms. The molecule has 1 aromatic heterocycles. The minimum atomic E-state index is 0.444. The van der Waals surface area contributed by atoms with Crippen LogP contribution >= 0.6 is 11.6 Å². The predicted molar refractivity (Wildman–Crippen MR) is 101 cm³/mol. The van der Waals surface area contributed by atoms with E-state index in [1.54, 1.807) is 12.4 Å². The second-order valence-corrected chi connectivity index (χ2v) is 6.58. The van der Waals surface area contributed by atoms with Gasteiger partial charge in [-0.3, -0.25) is 0 Å². The van der Waals surface area contributed by atoms with Crippen molar-refractivity contribution in [2.75, 3.05) is 0 Å². The van der Waals surface area contributed by atoms with Gasteiger partial charge in [0.05, 0.1) is 28.3 Å². The minimum Gasteiger partial charge on any atom is -0.333 e. The summed E-state index contributed by atoms with van der Waals surface area (Å²) in [5, 5.41) is 9.53. The molecule has 3 aromatic rings. The van der Waals surface area contributed by atoms with Crippen molar-refractivity contribution in [2.24, 2.45) is 12.8 Å². The van der Waals surface area contributed by atoms with Gasteiger partial charge in [0.2, 0.25) is 0 Å². The summed E-state index contributed by atoms with van der Waals surface area (Å²) in [6.07, 6.45) is 1.80. The highest BCUT2D eigenvalue weighted by Gasteiger charge is 2.18. The fourth-order valence-electron chi connectivity index (χ4n) is 3.25. The van der Waals surface area contributed by atoms with Crippen LogP contribution in [0, 0.1) is 25.2 Å². The van der Waals surface area contributed by atoms with Crippen molar-refractivity contribution in [3.8, 4) is 28.6 Å². The van der Waals surface area contributed by atoms with Crippen LogP contribution in [0.25, 0.3) is 22.5 Å². The first-order valence-corrected chi connectivity index (χ1v) is 8.36. The molecule has 0 aliphatic carbocycles. The first kappa shape index (κ1) is 17.2. The van der Waals surface area contributed by atoms with E-state index in [9.17, 15) is 0 Å². The largest absolute Gasteiger partial charge is 0.333 e. The lowest BCUT2D eigenvalue weighted by molar-refractivity contribution is 0.921. The molecular formula is C20H19ClN4. The number of nitrogens with two attached hydrogens (primary N) is 1. The van der Waals surface area contributed by atoms with E-state index in [-0.39, 0.29) is 0 Å². The van der Waals surface area contributed by atoms with Crippen LogP contribution in [-0.4, -0.2) is 9.55 Å². The zero-order valence-electron chi connectivity index (χ0n) is 14.5. The molecule has 0 saturated heterocycles. The Kier molecular flexibility index (Phi) is 4.63. The third-order valence-electron chi connectivity index (χ3n) is 4.37. The number of halogens is 1. The Morgan fingerprint density at radius 3 is 2.44 bits per heavy atom. The molecule has 0 atom stereocenters. The first-order valence-electron chi connectivity index (χ1n) is 7.98. The summed E-state index contributed by atoms with van der Waals surface area (Å²) in [4.78, 5) is 4.64. The Labute approximate surface area is 152 Å². The lowest BCUT2D eigenvalue weighted by Crippen LogP contribution is -2.00. The molecule has 0 amide bonds. The fraction of sp³-hybridized carbons (Fsp3) is 0.200. The van der Waals surface area contributed by atoms with Gasteiger partial charge in [0.15, 0.2) is 0 Å². The van der Waals surface area contributed by atoms with Crippen LogP contribution in [0.1, 0.15) is 22.3 Å². The lowest BCUT2D eigenvalue weighted by Gasteiger charge is -2.13. The Balaban J connectivity index is 2.23. The summed E-state index contributed by atoms with van der Waals surface area (Å²) in [6, 6.07) is 11.8. The van der Waals surface area contributed by atoms with Gasteiger partial charge in [-0.2, -0.15) is 5.26 Å². The molecule has 0 unspecified atom stereocenters. The van der Waals surface area contributed by atoms with Gasteiger partial charge in [0.1, 0.15) is 6.07 Å². The van der Waals surface area contributed by atoms with E-state index in [1.165, 1.54) is 0 Å². The van der Waals surface area contributed by atoms with Crippen molar-refractivity contribution in [1.29, 1.82) is 5.26 Å². The molecule has 2 N–H and O–H groups in total. The van der Waals surface area contributed by atoms with Crippen molar-refractivity contribution in [2.45, 2.75) is 20.4 Å². The normalized spacial score (nSPS) is 10.7. The number of aromatic nitrogens is 2. The number of imidazole rings is 1. The molecule has 2 aromatic carbocycles. The van der Waals surface area contributed by atoms with Gasteiger partial charge in [0.25, 0.3) is 0 Å². The summed E-state index contributed by atoms with van der Waals surface area (Å²) in [6.45, 7) is 4.67. The van der Waals surface area contributed by atoms with E-state index >= 15 is 0 Å². The van der Waals surface area contributed by atoms with E-state index in [2.05, 4.69) is 37.0 Å². The SMILES string of the molecule is Cc1cc(CN)cc(C)c1-c1ncn(C)c1-c1ccc(C#N)c(Cl)c1. The highest BCUT2D eigenvalue weighted by atomic mass is 35.5. The number of nitrogens with zero attached hydrogens (tertiary/aromatic N) is 3. The molecule has 3 rings (SSSR count). The van der Waals surface area contributed by atoms with Gasteiger partial charge < -0.3 is 10.3 Å². The molecule has 0 bridgehead atoms. The van der Waals surface area contributed by atoms with Crippen LogP contribution in [0.3, 0.4) is 0 Å². The van der Waals surface area contributed by atoms with Crippen LogP contribution in [0.5, 0.6) is 0 Å². The predicted octanol–water partition coefficient (Wildman–Crippen LogP) is 4.35. The number of aryl methyl sites for hydroxylation is 3. The van der Waals surface area contributed by atoms with Crippen LogP contribution < -0.4 is 5.73 Å². The third-order valence-corrected chi connectivity index (χ3v) is 4.68. The zero-order valence-corrected chi connectivity index (χ0v) is 15.2. The Bertz CT molecular complexity index is 972. The molecular weight excluding hydrogens is 332 g/mol. The number of hydrogen-bond acceptors (Lipinski definition) is 3. The van der Waals surface area contributed by atoms with Crippen LogP contribution in [0.15, 0.2) is 36.7 Å². The van der Waals surface area contributed by atoms with E-state index in [0.717, 1.165) is 39.2 Å². The maximum atomic E-state index is 9.09. The maximum absolute atomic E-state index is 9.09. The lowest BCUT2D eigenvalue weighted by atomic mass is 9.94. The maximum Gasteiger partial charge on any atom is 0.101 e. The standard InChI is InChI=1S/C20H19ClN4/c1-12-6-14(9-22)7-13(2)18(12)19-20(25(3)11-24-19)15-4-5-16(10-23)17(21)8-15/h4-8,11H,9,22H2,1-3H3. The summed E-state index contributed by atoms with van der Waals surface area (Å²) in [5.74, 6) is 0. The van der Waals surface area contributed by atoms with E-state index in [1.807, 2.05) is 23.7 Å². The Morgan fingerprint density at radius 1 is 1.20 bits per heavy atom. The average molecular weight is 351 g/mol. The number of benzene rings is 2. The van der Waals surface area contributed by atoms with Crippen LogP contribution in [0.2, 0.25) is 5.02 Å². The molecule has 0 fully saturated rings. The molecule has 126 valence electrons. The van der Waals surface area contributed by atoms with Gasteiger partial charge in [-0.25, -0.2) is 4.98 Å². The first-order chi connectivity index (χ1) is 12.0. The summed E-state index contributed by atoms with van der Waals surface area (Å²) in [7, 11) is 1.96. The highest BCUT2D eigenvalue weighted by Crippen LogP contribution is 2.36. The second-order valence-electron chi connectivity index (χ2n) is 6.17. The summed E-state index contributed by atoms with van der Waals surface area (Å²) in [5.41, 5.74) is 13.5. The molecule has 0 aliphatic heterocycles. The smallest absolute Gasteiger partial charge is 0.101 e. The Hall–Kier alpha value is -2.61. The summed E-state index contributed by atoms with van der Waals surface area (Å²) < 4.78 is 1.97. The molecule has 4 nitrogen and oxygen atoms in total. The van der Waals surface area contributed by atoms with Gasteiger partial charge >= 0.3 is 0 Å². The molecule has 0 aliphatic rings. The fourth-order valence-corrected chi connectivity index (χ4v) is 3.47.